The third-order valence-corrected chi connectivity index (χ3v) is 5.23. The van der Waals surface area contributed by atoms with Crippen molar-refractivity contribution in [2.24, 2.45) is 0 Å². The van der Waals surface area contributed by atoms with Crippen LogP contribution in [0.5, 0.6) is 11.5 Å². The second-order valence-electron chi connectivity index (χ2n) is 7.51. The van der Waals surface area contributed by atoms with Gasteiger partial charge in [-0.3, -0.25) is 9.59 Å². The molecule has 0 bridgehead atoms. The summed E-state index contributed by atoms with van der Waals surface area (Å²) in [5.41, 5.74) is 1.65. The average molecular weight is 411 g/mol. The average Bonchev–Trinajstić information content (AvgIpc) is 3.28. The van der Waals surface area contributed by atoms with Gasteiger partial charge in [0.15, 0.2) is 0 Å². The molecule has 0 atom stereocenters. The molecule has 3 rings (SSSR count). The van der Waals surface area contributed by atoms with Crippen molar-refractivity contribution in [3.05, 3.63) is 59.7 Å². The molecular weight excluding hydrogens is 380 g/mol. The number of nitrogens with one attached hydrogen (secondary N) is 2. The van der Waals surface area contributed by atoms with Gasteiger partial charge in [0, 0.05) is 25.1 Å². The summed E-state index contributed by atoms with van der Waals surface area (Å²) < 4.78 is 11.1. The molecule has 0 saturated heterocycles. The number of benzene rings is 2. The van der Waals surface area contributed by atoms with E-state index in [4.69, 9.17) is 9.47 Å². The van der Waals surface area contributed by atoms with Crippen molar-refractivity contribution < 1.29 is 19.1 Å². The first-order chi connectivity index (χ1) is 14.6. The number of carbonyl (C=O) groups excluding carboxylic acids is 2. The third-order valence-electron chi connectivity index (χ3n) is 5.23. The molecule has 2 aromatic rings. The van der Waals surface area contributed by atoms with E-state index in [1.54, 1.807) is 31.4 Å². The molecule has 0 spiro atoms. The summed E-state index contributed by atoms with van der Waals surface area (Å²) in [5, 5.41) is 5.64. The van der Waals surface area contributed by atoms with Crippen LogP contribution in [0.15, 0.2) is 48.5 Å². The van der Waals surface area contributed by atoms with Crippen molar-refractivity contribution in [1.82, 2.24) is 10.6 Å². The fourth-order valence-electron chi connectivity index (χ4n) is 3.54. The molecule has 2 amide bonds. The number of hydrogen-bond acceptors (Lipinski definition) is 4. The van der Waals surface area contributed by atoms with Crippen LogP contribution in [-0.4, -0.2) is 38.1 Å². The summed E-state index contributed by atoms with van der Waals surface area (Å²) in [6.45, 7) is 0.771. The van der Waals surface area contributed by atoms with E-state index in [0.717, 1.165) is 24.2 Å². The zero-order chi connectivity index (χ0) is 21.2. The van der Waals surface area contributed by atoms with Crippen LogP contribution >= 0.6 is 0 Å². The van der Waals surface area contributed by atoms with Crippen LogP contribution in [0.1, 0.15) is 48.0 Å². The maximum atomic E-state index is 12.1. The monoisotopic (exact) mass is 410 g/mol. The smallest absolute Gasteiger partial charge is 0.251 e. The van der Waals surface area contributed by atoms with Gasteiger partial charge >= 0.3 is 0 Å². The van der Waals surface area contributed by atoms with Crippen LogP contribution in [0.2, 0.25) is 0 Å². The van der Waals surface area contributed by atoms with Gasteiger partial charge in [-0.05, 0) is 74.1 Å². The Morgan fingerprint density at radius 1 is 0.967 bits per heavy atom. The van der Waals surface area contributed by atoms with E-state index >= 15 is 0 Å². The first-order valence-electron chi connectivity index (χ1n) is 10.6. The quantitative estimate of drug-likeness (QED) is 0.588. The van der Waals surface area contributed by atoms with Crippen LogP contribution in [0.4, 0.5) is 0 Å². The molecule has 6 heteroatoms. The second kappa shape index (κ2) is 11.2. The highest BCUT2D eigenvalue weighted by Crippen LogP contribution is 2.24. The Hall–Kier alpha value is -3.02. The fraction of sp³-hybridized carbons (Fsp3) is 0.417. The minimum absolute atomic E-state index is 0.0317. The lowest BCUT2D eigenvalue weighted by molar-refractivity contribution is -0.121. The second-order valence-corrected chi connectivity index (χ2v) is 7.51. The summed E-state index contributed by atoms with van der Waals surface area (Å²) >= 11 is 0. The predicted octanol–water partition coefficient (Wildman–Crippen LogP) is 3.50. The first kappa shape index (κ1) is 21.7. The summed E-state index contributed by atoms with van der Waals surface area (Å²) in [6.07, 6.45) is 6.13. The molecule has 30 heavy (non-hydrogen) atoms. The van der Waals surface area contributed by atoms with Crippen LogP contribution in [0, 0.1) is 0 Å². The van der Waals surface area contributed by atoms with Gasteiger partial charge < -0.3 is 20.1 Å². The van der Waals surface area contributed by atoms with E-state index in [1.807, 2.05) is 24.3 Å². The Kier molecular flexibility index (Phi) is 8.12. The molecule has 2 aromatic carbocycles. The topological polar surface area (TPSA) is 76.7 Å². The third kappa shape index (κ3) is 6.79. The Bertz CT molecular complexity index is 829. The molecule has 2 N–H and O–H groups in total. The maximum Gasteiger partial charge on any atom is 0.251 e. The molecule has 6 nitrogen and oxygen atoms in total. The number of rotatable bonds is 10. The highest BCUT2D eigenvalue weighted by molar-refractivity contribution is 5.94. The van der Waals surface area contributed by atoms with Crippen molar-refractivity contribution >= 4 is 11.8 Å². The molecule has 0 radical (unpaired) electrons. The van der Waals surface area contributed by atoms with Gasteiger partial charge in [-0.2, -0.15) is 0 Å². The van der Waals surface area contributed by atoms with E-state index < -0.39 is 0 Å². The van der Waals surface area contributed by atoms with Crippen LogP contribution in [-0.2, 0) is 11.2 Å². The molecular formula is C24H30N2O4. The Labute approximate surface area is 178 Å². The fourth-order valence-corrected chi connectivity index (χ4v) is 3.54. The van der Waals surface area contributed by atoms with E-state index in [2.05, 4.69) is 10.6 Å². The predicted molar refractivity (Wildman–Crippen MR) is 116 cm³/mol. The first-order valence-corrected chi connectivity index (χ1v) is 10.6. The number of amides is 2. The zero-order valence-electron chi connectivity index (χ0n) is 17.5. The highest BCUT2D eigenvalue weighted by Gasteiger charge is 2.16. The van der Waals surface area contributed by atoms with Crippen molar-refractivity contribution in [3.8, 4) is 11.5 Å². The summed E-state index contributed by atoms with van der Waals surface area (Å²) in [4.78, 5) is 24.2. The number of aryl methyl sites for hydroxylation is 1. The van der Waals surface area contributed by atoms with Gasteiger partial charge in [0.05, 0.1) is 13.2 Å². The lowest BCUT2D eigenvalue weighted by Gasteiger charge is -2.14. The number of ether oxygens (including phenoxy) is 2. The molecule has 160 valence electrons. The van der Waals surface area contributed by atoms with Crippen molar-refractivity contribution in [2.45, 2.75) is 44.6 Å². The lowest BCUT2D eigenvalue weighted by atomic mass is 10.1. The molecule has 0 heterocycles. The number of methoxy groups -OCH3 is 1. The molecule has 0 aliphatic heterocycles. The van der Waals surface area contributed by atoms with Gasteiger partial charge in [0.25, 0.3) is 5.91 Å². The van der Waals surface area contributed by atoms with Crippen molar-refractivity contribution in [2.75, 3.05) is 20.2 Å². The summed E-state index contributed by atoms with van der Waals surface area (Å²) in [7, 11) is 1.58. The number of hydrogen-bond donors (Lipinski definition) is 2. The molecule has 1 aliphatic rings. The van der Waals surface area contributed by atoms with E-state index in [0.29, 0.717) is 43.3 Å². The van der Waals surface area contributed by atoms with Crippen LogP contribution in [0.25, 0.3) is 0 Å². The van der Waals surface area contributed by atoms with Crippen LogP contribution in [0.3, 0.4) is 0 Å². The minimum atomic E-state index is -0.175. The Balaban J connectivity index is 1.33. The summed E-state index contributed by atoms with van der Waals surface area (Å²) in [5.74, 6) is 1.39. The van der Waals surface area contributed by atoms with Gasteiger partial charge in [0.2, 0.25) is 5.91 Å². The molecule has 0 aromatic heterocycles. The molecule has 1 aliphatic carbocycles. The zero-order valence-corrected chi connectivity index (χ0v) is 17.5. The van der Waals surface area contributed by atoms with Gasteiger partial charge in [-0.25, -0.2) is 0 Å². The van der Waals surface area contributed by atoms with E-state index in [-0.39, 0.29) is 11.8 Å². The van der Waals surface area contributed by atoms with Crippen molar-refractivity contribution in [3.63, 3.8) is 0 Å². The standard InChI is InChI=1S/C24H30N2O4/c1-29-20-12-10-19(11-13-20)24(28)26-16-15-25-23(27)14-9-18-5-4-8-22(17-18)30-21-6-2-3-7-21/h4-5,8,10-13,17,21H,2-3,6-7,9,14-16H2,1H3,(H,25,27)(H,26,28). The minimum Gasteiger partial charge on any atom is -0.497 e. The Morgan fingerprint density at radius 2 is 1.70 bits per heavy atom. The number of carbonyl (C=O) groups is 2. The van der Waals surface area contributed by atoms with Gasteiger partial charge in [-0.15, -0.1) is 0 Å². The van der Waals surface area contributed by atoms with Crippen LogP contribution < -0.4 is 20.1 Å². The van der Waals surface area contributed by atoms with E-state index in [9.17, 15) is 9.59 Å². The maximum absolute atomic E-state index is 12.1. The lowest BCUT2D eigenvalue weighted by Crippen LogP contribution is -2.34. The van der Waals surface area contributed by atoms with E-state index in [1.165, 1.54) is 12.8 Å². The molecule has 1 saturated carbocycles. The largest absolute Gasteiger partial charge is 0.497 e. The highest BCUT2D eigenvalue weighted by atomic mass is 16.5. The molecule has 1 fully saturated rings. The van der Waals surface area contributed by atoms with Gasteiger partial charge in [-0.1, -0.05) is 12.1 Å². The van der Waals surface area contributed by atoms with Crippen molar-refractivity contribution in [1.29, 1.82) is 0 Å². The Morgan fingerprint density at radius 3 is 2.43 bits per heavy atom. The normalized spacial score (nSPS) is 13.6. The SMILES string of the molecule is COc1ccc(C(=O)NCCNC(=O)CCc2cccc(OC3CCCC3)c2)cc1. The summed E-state index contributed by atoms with van der Waals surface area (Å²) in [6, 6.07) is 14.9. The molecule has 0 unspecified atom stereocenters. The van der Waals surface area contributed by atoms with Gasteiger partial charge in [0.1, 0.15) is 11.5 Å².